The zero-order valence-electron chi connectivity index (χ0n) is 14.2. The number of nitrogens with zero attached hydrogens (tertiary/aromatic N) is 1. The summed E-state index contributed by atoms with van der Waals surface area (Å²) >= 11 is 0. The predicted octanol–water partition coefficient (Wildman–Crippen LogP) is 3.17. The first-order valence-electron chi connectivity index (χ1n) is 8.64. The summed E-state index contributed by atoms with van der Waals surface area (Å²) in [6.07, 6.45) is 2.85. The lowest BCUT2D eigenvalue weighted by Gasteiger charge is -2.11. The fourth-order valence-electron chi connectivity index (χ4n) is 3.32. The summed E-state index contributed by atoms with van der Waals surface area (Å²) < 4.78 is 5.78. The first-order chi connectivity index (χ1) is 12.7. The van der Waals surface area contributed by atoms with Crippen molar-refractivity contribution in [3.05, 3.63) is 71.4 Å². The number of ether oxygens (including phenoxy) is 1. The Balaban J connectivity index is 1.38. The van der Waals surface area contributed by atoms with Crippen LogP contribution in [0.3, 0.4) is 0 Å². The number of ketones is 1. The molecule has 1 aromatic heterocycles. The standard InChI is InChI=1S/C21H18N2O3/c24-18-10-9-15-16(18)6-2-7-17(15)21(25)23-12-13-26-19-8-1-4-14-5-3-11-22-20(14)19/h1-8,11H,9-10,12-13H2,(H,23,25). The molecule has 0 aliphatic heterocycles. The van der Waals surface area contributed by atoms with Gasteiger partial charge in [0, 0.05) is 29.1 Å². The number of Topliss-reactive ketones (excluding diaryl/α,β-unsaturated/α-hetero) is 1. The summed E-state index contributed by atoms with van der Waals surface area (Å²) in [5.41, 5.74) is 2.92. The van der Waals surface area contributed by atoms with Gasteiger partial charge in [-0.05, 0) is 30.2 Å². The highest BCUT2D eigenvalue weighted by molar-refractivity contribution is 6.05. The molecule has 1 amide bonds. The number of hydrogen-bond donors (Lipinski definition) is 1. The monoisotopic (exact) mass is 346 g/mol. The number of para-hydroxylation sites is 1. The maximum Gasteiger partial charge on any atom is 0.251 e. The van der Waals surface area contributed by atoms with E-state index in [-0.39, 0.29) is 11.7 Å². The number of fused-ring (bicyclic) bond motifs is 2. The van der Waals surface area contributed by atoms with E-state index in [4.69, 9.17) is 4.74 Å². The normalized spacial score (nSPS) is 12.8. The SMILES string of the molecule is O=C1CCc2c1cccc2C(=O)NCCOc1cccc2cccnc12. The lowest BCUT2D eigenvalue weighted by atomic mass is 10.0. The Labute approximate surface area is 151 Å². The maximum absolute atomic E-state index is 12.4. The van der Waals surface area contributed by atoms with E-state index >= 15 is 0 Å². The molecule has 0 bridgehead atoms. The van der Waals surface area contributed by atoms with Crippen LogP contribution in [0.5, 0.6) is 5.75 Å². The van der Waals surface area contributed by atoms with E-state index in [1.54, 1.807) is 24.4 Å². The minimum absolute atomic E-state index is 0.112. The van der Waals surface area contributed by atoms with Gasteiger partial charge in [0.2, 0.25) is 0 Å². The van der Waals surface area contributed by atoms with Crippen molar-refractivity contribution in [3.63, 3.8) is 0 Å². The van der Waals surface area contributed by atoms with Gasteiger partial charge in [-0.3, -0.25) is 14.6 Å². The van der Waals surface area contributed by atoms with E-state index in [2.05, 4.69) is 10.3 Å². The van der Waals surface area contributed by atoms with Crippen LogP contribution in [-0.2, 0) is 6.42 Å². The number of nitrogens with one attached hydrogen (secondary N) is 1. The van der Waals surface area contributed by atoms with E-state index in [0.29, 0.717) is 42.9 Å². The Kier molecular flexibility index (Phi) is 4.35. The molecule has 130 valence electrons. The van der Waals surface area contributed by atoms with Gasteiger partial charge in [-0.2, -0.15) is 0 Å². The second-order valence-corrected chi connectivity index (χ2v) is 6.19. The Morgan fingerprint density at radius 3 is 2.85 bits per heavy atom. The van der Waals surface area contributed by atoms with Gasteiger partial charge in [-0.25, -0.2) is 0 Å². The zero-order chi connectivity index (χ0) is 17.9. The van der Waals surface area contributed by atoms with Gasteiger partial charge in [0.1, 0.15) is 17.9 Å². The Bertz CT molecular complexity index is 992. The summed E-state index contributed by atoms with van der Waals surface area (Å²) in [5, 5.41) is 3.88. The smallest absolute Gasteiger partial charge is 0.251 e. The van der Waals surface area contributed by atoms with E-state index in [1.807, 2.05) is 30.3 Å². The molecular formula is C21H18N2O3. The number of pyridine rings is 1. The highest BCUT2D eigenvalue weighted by atomic mass is 16.5. The van der Waals surface area contributed by atoms with Crippen molar-refractivity contribution in [2.45, 2.75) is 12.8 Å². The van der Waals surface area contributed by atoms with Crippen LogP contribution in [0.1, 0.15) is 32.7 Å². The second-order valence-electron chi connectivity index (χ2n) is 6.19. The number of aromatic nitrogens is 1. The predicted molar refractivity (Wildman–Crippen MR) is 98.7 cm³/mol. The van der Waals surface area contributed by atoms with Crippen LogP contribution >= 0.6 is 0 Å². The molecule has 5 heteroatoms. The highest BCUT2D eigenvalue weighted by Crippen LogP contribution is 2.25. The van der Waals surface area contributed by atoms with Crippen LogP contribution in [-0.4, -0.2) is 29.8 Å². The molecule has 1 N–H and O–H groups in total. The molecule has 26 heavy (non-hydrogen) atoms. The number of hydrogen-bond acceptors (Lipinski definition) is 4. The van der Waals surface area contributed by atoms with Gasteiger partial charge in [0.05, 0.1) is 6.54 Å². The molecule has 0 spiro atoms. The van der Waals surface area contributed by atoms with Crippen LogP contribution in [0, 0.1) is 0 Å². The first kappa shape index (κ1) is 16.3. The number of amides is 1. The molecule has 1 aliphatic rings. The average molecular weight is 346 g/mol. The topological polar surface area (TPSA) is 68.3 Å². The lowest BCUT2D eigenvalue weighted by Crippen LogP contribution is -2.29. The molecule has 2 aromatic carbocycles. The Morgan fingerprint density at radius 2 is 1.92 bits per heavy atom. The quantitative estimate of drug-likeness (QED) is 0.721. The van der Waals surface area contributed by atoms with Gasteiger partial charge < -0.3 is 10.1 Å². The Morgan fingerprint density at radius 1 is 1.08 bits per heavy atom. The summed E-state index contributed by atoms with van der Waals surface area (Å²) in [6.45, 7) is 0.717. The molecule has 0 fully saturated rings. The number of carbonyl (C=O) groups excluding carboxylic acids is 2. The van der Waals surface area contributed by atoms with Crippen molar-refractivity contribution in [1.29, 1.82) is 0 Å². The molecule has 0 atom stereocenters. The molecule has 0 saturated carbocycles. The first-order valence-corrected chi connectivity index (χ1v) is 8.64. The van der Waals surface area contributed by atoms with Crippen molar-refractivity contribution in [3.8, 4) is 5.75 Å². The summed E-state index contributed by atoms with van der Waals surface area (Å²) in [7, 11) is 0. The van der Waals surface area contributed by atoms with E-state index in [0.717, 1.165) is 16.5 Å². The van der Waals surface area contributed by atoms with E-state index in [1.165, 1.54) is 0 Å². The van der Waals surface area contributed by atoms with Gasteiger partial charge in [0.15, 0.2) is 5.78 Å². The van der Waals surface area contributed by atoms with Crippen molar-refractivity contribution in [1.82, 2.24) is 10.3 Å². The fraction of sp³-hybridized carbons (Fsp3) is 0.190. The largest absolute Gasteiger partial charge is 0.489 e. The van der Waals surface area contributed by atoms with Crippen LogP contribution in [0.15, 0.2) is 54.7 Å². The molecule has 3 aromatic rings. The molecule has 0 unspecified atom stereocenters. The van der Waals surface area contributed by atoms with Crippen molar-refractivity contribution < 1.29 is 14.3 Å². The summed E-state index contributed by atoms with van der Waals surface area (Å²) in [5.74, 6) is 0.640. The summed E-state index contributed by atoms with van der Waals surface area (Å²) in [6, 6.07) is 14.9. The maximum atomic E-state index is 12.4. The van der Waals surface area contributed by atoms with Crippen LogP contribution in [0.25, 0.3) is 10.9 Å². The minimum Gasteiger partial charge on any atom is -0.489 e. The average Bonchev–Trinajstić information content (AvgIpc) is 3.06. The van der Waals surface area contributed by atoms with E-state index < -0.39 is 0 Å². The third-order valence-electron chi connectivity index (χ3n) is 4.56. The summed E-state index contributed by atoms with van der Waals surface area (Å²) in [4.78, 5) is 28.6. The van der Waals surface area contributed by atoms with E-state index in [9.17, 15) is 9.59 Å². The van der Waals surface area contributed by atoms with Crippen LogP contribution in [0.2, 0.25) is 0 Å². The van der Waals surface area contributed by atoms with Gasteiger partial charge in [-0.1, -0.05) is 30.3 Å². The zero-order valence-corrected chi connectivity index (χ0v) is 14.2. The Hall–Kier alpha value is -3.21. The van der Waals surface area contributed by atoms with Crippen molar-refractivity contribution in [2.24, 2.45) is 0 Å². The third kappa shape index (κ3) is 3.04. The number of carbonyl (C=O) groups is 2. The third-order valence-corrected chi connectivity index (χ3v) is 4.56. The molecular weight excluding hydrogens is 328 g/mol. The highest BCUT2D eigenvalue weighted by Gasteiger charge is 2.24. The van der Waals surface area contributed by atoms with Crippen molar-refractivity contribution in [2.75, 3.05) is 13.2 Å². The minimum atomic E-state index is -0.170. The van der Waals surface area contributed by atoms with Crippen molar-refractivity contribution >= 4 is 22.6 Å². The fourth-order valence-corrected chi connectivity index (χ4v) is 3.32. The molecule has 1 heterocycles. The molecule has 5 nitrogen and oxygen atoms in total. The lowest BCUT2D eigenvalue weighted by molar-refractivity contribution is 0.0945. The molecule has 1 aliphatic carbocycles. The van der Waals surface area contributed by atoms with Gasteiger partial charge >= 0.3 is 0 Å². The molecule has 0 radical (unpaired) electrons. The number of rotatable bonds is 5. The second kappa shape index (κ2) is 6.96. The van der Waals surface area contributed by atoms with Crippen LogP contribution < -0.4 is 10.1 Å². The van der Waals surface area contributed by atoms with Gasteiger partial charge in [0.25, 0.3) is 5.91 Å². The molecule has 0 saturated heterocycles. The van der Waals surface area contributed by atoms with Gasteiger partial charge in [-0.15, -0.1) is 0 Å². The number of benzene rings is 2. The van der Waals surface area contributed by atoms with Crippen LogP contribution in [0.4, 0.5) is 0 Å². The molecule has 4 rings (SSSR count).